The number of para-hydroxylation sites is 1. The summed E-state index contributed by atoms with van der Waals surface area (Å²) in [7, 11) is 0. The Hall–Kier alpha value is -2.67. The van der Waals surface area contributed by atoms with E-state index in [1.807, 2.05) is 46.9 Å². The highest BCUT2D eigenvalue weighted by Crippen LogP contribution is 2.27. The second-order valence-electron chi connectivity index (χ2n) is 6.03. The second kappa shape index (κ2) is 6.68. The van der Waals surface area contributed by atoms with Crippen LogP contribution in [0.15, 0.2) is 48.5 Å². The van der Waals surface area contributed by atoms with E-state index < -0.39 is 0 Å². The molecule has 0 saturated carbocycles. The molecule has 3 heterocycles. The normalized spacial score (nSPS) is 16.8. The Kier molecular flexibility index (Phi) is 4.23. The zero-order valence-electron chi connectivity index (χ0n) is 13.8. The molecule has 25 heavy (non-hydrogen) atoms. The van der Waals surface area contributed by atoms with Gasteiger partial charge < -0.3 is 14.2 Å². The third-order valence-electron chi connectivity index (χ3n) is 4.37. The lowest BCUT2D eigenvalue weighted by Gasteiger charge is -2.29. The maximum Gasteiger partial charge on any atom is 0.266 e. The number of hydrogen-bond donors (Lipinski definition) is 0. The third-order valence-corrected chi connectivity index (χ3v) is 5.28. The van der Waals surface area contributed by atoms with Gasteiger partial charge in [-0.3, -0.25) is 4.79 Å². The second-order valence-corrected chi connectivity index (χ2v) is 6.89. The average molecular weight is 354 g/mol. The van der Waals surface area contributed by atoms with E-state index in [1.54, 1.807) is 18.0 Å². The largest absolute Gasteiger partial charge is 0.491 e. The molecule has 0 bridgehead atoms. The van der Waals surface area contributed by atoms with Gasteiger partial charge in [0.2, 0.25) is 0 Å². The van der Waals surface area contributed by atoms with Crippen LogP contribution in [0.3, 0.4) is 0 Å². The van der Waals surface area contributed by atoms with Crippen LogP contribution < -0.4 is 4.74 Å². The summed E-state index contributed by atoms with van der Waals surface area (Å²) >= 11 is 1.39. The minimum absolute atomic E-state index is 0.00502. The number of thiazole rings is 1. The summed E-state index contributed by atoms with van der Waals surface area (Å²) in [6.07, 6.45) is 5.41. The van der Waals surface area contributed by atoms with E-state index >= 15 is 0 Å². The molecule has 1 atom stereocenters. The number of fused-ring (bicyclic) bond motifs is 1. The number of imidazole rings is 1. The molecule has 2 aromatic heterocycles. The van der Waals surface area contributed by atoms with Crippen molar-refractivity contribution in [2.45, 2.75) is 26.1 Å². The van der Waals surface area contributed by atoms with Crippen LogP contribution in [0, 0.1) is 6.92 Å². The summed E-state index contributed by atoms with van der Waals surface area (Å²) in [6, 6.07) is 7.80. The lowest BCUT2D eigenvalue weighted by molar-refractivity contribution is 0.0602. The predicted octanol–water partition coefficient (Wildman–Crippen LogP) is 2.75. The van der Waals surface area contributed by atoms with Crippen LogP contribution in [-0.2, 0) is 13.1 Å². The van der Waals surface area contributed by atoms with Crippen LogP contribution in [0.2, 0.25) is 0 Å². The first kappa shape index (κ1) is 15.8. The van der Waals surface area contributed by atoms with E-state index in [-0.39, 0.29) is 11.9 Å². The number of benzene rings is 1. The van der Waals surface area contributed by atoms with Crippen molar-refractivity contribution in [3.8, 4) is 5.75 Å². The molecular weight excluding hydrogens is 336 g/mol. The Morgan fingerprint density at radius 2 is 2.28 bits per heavy atom. The average Bonchev–Trinajstić information content (AvgIpc) is 3.24. The van der Waals surface area contributed by atoms with Gasteiger partial charge >= 0.3 is 0 Å². The van der Waals surface area contributed by atoms with Crippen LogP contribution in [0.5, 0.6) is 5.75 Å². The lowest BCUT2D eigenvalue weighted by Crippen LogP contribution is -2.44. The quantitative estimate of drug-likeness (QED) is 0.726. The molecule has 0 spiro atoms. The van der Waals surface area contributed by atoms with E-state index in [1.165, 1.54) is 11.3 Å². The molecule has 3 aromatic rings. The van der Waals surface area contributed by atoms with Gasteiger partial charge in [-0.15, -0.1) is 11.3 Å². The SMILES string of the molecule is Cc1ncsc1C(=O)N1Cc2ccccc2OCC1Cn1ccnc1. The number of carbonyl (C=O) groups is 1. The smallest absolute Gasteiger partial charge is 0.266 e. The molecule has 1 aromatic carbocycles. The van der Waals surface area contributed by atoms with Gasteiger partial charge in [0, 0.05) is 24.5 Å². The van der Waals surface area contributed by atoms with Gasteiger partial charge in [-0.25, -0.2) is 9.97 Å². The fraction of sp³-hybridized carbons (Fsp3) is 0.278. The fourth-order valence-corrected chi connectivity index (χ4v) is 3.79. The van der Waals surface area contributed by atoms with Crippen molar-refractivity contribution < 1.29 is 9.53 Å². The first-order valence-electron chi connectivity index (χ1n) is 8.10. The predicted molar refractivity (Wildman–Crippen MR) is 94.7 cm³/mol. The van der Waals surface area contributed by atoms with Crippen LogP contribution in [0.4, 0.5) is 0 Å². The fourth-order valence-electron chi connectivity index (χ4n) is 3.03. The summed E-state index contributed by atoms with van der Waals surface area (Å²) in [5.41, 5.74) is 3.51. The molecule has 0 aliphatic carbocycles. The van der Waals surface area contributed by atoms with Crippen molar-refractivity contribution in [3.05, 3.63) is 64.6 Å². The highest BCUT2D eigenvalue weighted by atomic mass is 32.1. The molecular formula is C18H18N4O2S. The Balaban J connectivity index is 1.68. The minimum atomic E-state index is -0.0874. The molecule has 1 aliphatic rings. The van der Waals surface area contributed by atoms with Gasteiger partial charge in [-0.2, -0.15) is 0 Å². The molecule has 4 rings (SSSR count). The van der Waals surface area contributed by atoms with Gasteiger partial charge in [0.1, 0.15) is 17.2 Å². The summed E-state index contributed by atoms with van der Waals surface area (Å²) in [6.45, 7) is 3.47. The Bertz CT molecular complexity index is 875. The number of amides is 1. The molecule has 1 unspecified atom stereocenters. The standard InChI is InChI=1S/C18H18N4O2S/c1-13-17(25-12-20-13)18(23)22-8-14-4-2-3-5-16(14)24-10-15(22)9-21-7-6-19-11-21/h2-7,11-12,15H,8-10H2,1H3. The van der Waals surface area contributed by atoms with E-state index in [0.717, 1.165) is 17.0 Å². The molecule has 0 fully saturated rings. The molecule has 0 N–H and O–H groups in total. The molecule has 1 aliphatic heterocycles. The highest BCUT2D eigenvalue weighted by Gasteiger charge is 2.31. The van der Waals surface area contributed by atoms with Gasteiger partial charge in [0.25, 0.3) is 5.91 Å². The van der Waals surface area contributed by atoms with Gasteiger partial charge in [0.15, 0.2) is 0 Å². The van der Waals surface area contributed by atoms with Crippen LogP contribution >= 0.6 is 11.3 Å². The van der Waals surface area contributed by atoms with Crippen LogP contribution in [0.25, 0.3) is 0 Å². The molecule has 0 saturated heterocycles. The summed E-state index contributed by atoms with van der Waals surface area (Å²) in [5.74, 6) is 0.847. The number of ether oxygens (including phenoxy) is 1. The maximum absolute atomic E-state index is 13.2. The highest BCUT2D eigenvalue weighted by molar-refractivity contribution is 7.11. The van der Waals surface area contributed by atoms with E-state index in [4.69, 9.17) is 4.74 Å². The molecule has 128 valence electrons. The van der Waals surface area contributed by atoms with Crippen LogP contribution in [0.1, 0.15) is 20.9 Å². The van der Waals surface area contributed by atoms with Crippen molar-refractivity contribution in [1.29, 1.82) is 0 Å². The molecule has 0 radical (unpaired) electrons. The van der Waals surface area contributed by atoms with Crippen molar-refractivity contribution >= 4 is 17.2 Å². The summed E-state index contributed by atoms with van der Waals surface area (Å²) in [5, 5.41) is 0. The number of rotatable bonds is 3. The van der Waals surface area contributed by atoms with Crippen LogP contribution in [-0.4, -0.2) is 38.0 Å². The zero-order valence-corrected chi connectivity index (χ0v) is 14.6. The minimum Gasteiger partial charge on any atom is -0.491 e. The Labute approximate surface area is 149 Å². The number of aromatic nitrogens is 3. The number of hydrogen-bond acceptors (Lipinski definition) is 5. The van der Waals surface area contributed by atoms with Crippen molar-refractivity contribution in [2.75, 3.05) is 6.61 Å². The summed E-state index contributed by atoms with van der Waals surface area (Å²) in [4.78, 5) is 24.1. The molecule has 7 heteroatoms. The molecule has 1 amide bonds. The van der Waals surface area contributed by atoms with Crippen molar-refractivity contribution in [1.82, 2.24) is 19.4 Å². The van der Waals surface area contributed by atoms with Gasteiger partial charge in [-0.05, 0) is 13.0 Å². The maximum atomic E-state index is 13.2. The first-order chi connectivity index (χ1) is 12.2. The van der Waals surface area contributed by atoms with Gasteiger partial charge in [0.05, 0.1) is 30.1 Å². The van der Waals surface area contributed by atoms with E-state index in [2.05, 4.69) is 9.97 Å². The zero-order chi connectivity index (χ0) is 17.2. The van der Waals surface area contributed by atoms with E-state index in [0.29, 0.717) is 24.6 Å². The first-order valence-corrected chi connectivity index (χ1v) is 8.98. The monoisotopic (exact) mass is 354 g/mol. The molecule has 6 nitrogen and oxygen atoms in total. The summed E-state index contributed by atoms with van der Waals surface area (Å²) < 4.78 is 7.97. The Morgan fingerprint density at radius 3 is 3.04 bits per heavy atom. The Morgan fingerprint density at radius 1 is 1.40 bits per heavy atom. The topological polar surface area (TPSA) is 60.3 Å². The van der Waals surface area contributed by atoms with Crippen molar-refractivity contribution in [2.24, 2.45) is 0 Å². The lowest BCUT2D eigenvalue weighted by atomic mass is 10.1. The van der Waals surface area contributed by atoms with E-state index in [9.17, 15) is 4.79 Å². The third kappa shape index (κ3) is 3.15. The number of aryl methyl sites for hydroxylation is 1. The van der Waals surface area contributed by atoms with Gasteiger partial charge in [-0.1, -0.05) is 18.2 Å². The van der Waals surface area contributed by atoms with Crippen molar-refractivity contribution in [3.63, 3.8) is 0 Å². The number of carbonyl (C=O) groups excluding carboxylic acids is 1. The number of nitrogens with zero attached hydrogens (tertiary/aromatic N) is 4.